The molecular formula is C15H10N2O2. The fourth-order valence-electron chi connectivity index (χ4n) is 1.82. The third kappa shape index (κ3) is 2.50. The summed E-state index contributed by atoms with van der Waals surface area (Å²) < 4.78 is 0. The Kier molecular flexibility index (Phi) is 3.39. The average molecular weight is 250 g/mol. The van der Waals surface area contributed by atoms with E-state index in [1.807, 2.05) is 18.2 Å². The smallest absolute Gasteiger partial charge is 0.258 e. The van der Waals surface area contributed by atoms with Crippen molar-refractivity contribution in [2.45, 2.75) is 0 Å². The van der Waals surface area contributed by atoms with Crippen LogP contribution in [0.1, 0.15) is 11.1 Å². The van der Waals surface area contributed by atoms with Crippen molar-refractivity contribution in [2.75, 3.05) is 0 Å². The first-order chi connectivity index (χ1) is 9.15. The predicted molar refractivity (Wildman–Crippen MR) is 73.3 cm³/mol. The Balaban J connectivity index is 2.52. The first kappa shape index (κ1) is 12.5. The minimum atomic E-state index is -0.435. The Morgan fingerprint density at radius 3 is 2.42 bits per heavy atom. The molecule has 0 atom stereocenters. The van der Waals surface area contributed by atoms with Gasteiger partial charge in [-0.05, 0) is 34.9 Å². The minimum Gasteiger partial charge on any atom is -0.258 e. The van der Waals surface area contributed by atoms with Gasteiger partial charge in [0, 0.05) is 12.1 Å². The van der Waals surface area contributed by atoms with Crippen molar-refractivity contribution in [1.82, 2.24) is 0 Å². The first-order valence-corrected chi connectivity index (χ1v) is 5.57. The van der Waals surface area contributed by atoms with Gasteiger partial charge in [-0.1, -0.05) is 24.8 Å². The number of nitriles is 1. The molecule has 0 aliphatic rings. The van der Waals surface area contributed by atoms with Crippen LogP contribution in [0.3, 0.4) is 0 Å². The van der Waals surface area contributed by atoms with Crippen LogP contribution in [0, 0.1) is 21.4 Å². The van der Waals surface area contributed by atoms with Crippen molar-refractivity contribution in [3.05, 3.63) is 70.3 Å². The predicted octanol–water partition coefficient (Wildman–Crippen LogP) is 3.78. The maximum atomic E-state index is 10.7. The summed E-state index contributed by atoms with van der Waals surface area (Å²) in [6.07, 6.45) is 1.58. The molecule has 92 valence electrons. The Hall–Kier alpha value is -2.93. The van der Waals surface area contributed by atoms with E-state index < -0.39 is 4.92 Å². The van der Waals surface area contributed by atoms with Gasteiger partial charge >= 0.3 is 0 Å². The van der Waals surface area contributed by atoms with Gasteiger partial charge in [-0.2, -0.15) is 5.26 Å². The molecule has 0 heterocycles. The van der Waals surface area contributed by atoms with E-state index in [9.17, 15) is 10.1 Å². The van der Waals surface area contributed by atoms with Gasteiger partial charge in [-0.3, -0.25) is 10.1 Å². The highest BCUT2D eigenvalue weighted by Gasteiger charge is 2.10. The standard InChI is InChI=1S/C15H10N2O2/c1-2-12-9-14(17(18)19)7-8-15(12)13-5-3-11(10-16)4-6-13/h2-9H,1H2. The van der Waals surface area contributed by atoms with Gasteiger partial charge in [0.15, 0.2) is 0 Å². The Morgan fingerprint density at radius 2 is 1.89 bits per heavy atom. The summed E-state index contributed by atoms with van der Waals surface area (Å²) in [5.74, 6) is 0. The summed E-state index contributed by atoms with van der Waals surface area (Å²) in [5, 5.41) is 19.5. The van der Waals surface area contributed by atoms with E-state index >= 15 is 0 Å². The summed E-state index contributed by atoms with van der Waals surface area (Å²) >= 11 is 0. The van der Waals surface area contributed by atoms with Gasteiger partial charge in [0.1, 0.15) is 0 Å². The molecule has 0 spiro atoms. The SMILES string of the molecule is C=Cc1cc([N+](=O)[O-])ccc1-c1ccc(C#N)cc1. The van der Waals surface area contributed by atoms with E-state index in [1.165, 1.54) is 12.1 Å². The molecule has 2 rings (SSSR count). The summed E-state index contributed by atoms with van der Waals surface area (Å²) in [6, 6.07) is 13.7. The van der Waals surface area contributed by atoms with Crippen LogP contribution in [-0.2, 0) is 0 Å². The molecule has 0 amide bonds. The number of hydrogen-bond acceptors (Lipinski definition) is 3. The summed E-state index contributed by atoms with van der Waals surface area (Å²) in [6.45, 7) is 3.68. The highest BCUT2D eigenvalue weighted by Crippen LogP contribution is 2.28. The van der Waals surface area contributed by atoms with Gasteiger partial charge in [0.05, 0.1) is 16.6 Å². The number of nitrogens with zero attached hydrogens (tertiary/aromatic N) is 2. The second-order valence-corrected chi connectivity index (χ2v) is 3.92. The van der Waals surface area contributed by atoms with Gasteiger partial charge in [-0.25, -0.2) is 0 Å². The number of nitro benzene ring substituents is 1. The van der Waals surface area contributed by atoms with Crippen LogP contribution in [0.4, 0.5) is 5.69 Å². The van der Waals surface area contributed by atoms with E-state index in [0.29, 0.717) is 11.1 Å². The Morgan fingerprint density at radius 1 is 1.21 bits per heavy atom. The zero-order chi connectivity index (χ0) is 13.8. The average Bonchev–Trinajstić information content (AvgIpc) is 2.46. The lowest BCUT2D eigenvalue weighted by Crippen LogP contribution is -1.90. The Labute approximate surface area is 110 Å². The molecule has 0 unspecified atom stereocenters. The third-order valence-corrected chi connectivity index (χ3v) is 2.79. The molecule has 0 aromatic heterocycles. The van der Waals surface area contributed by atoms with E-state index in [0.717, 1.165) is 11.1 Å². The van der Waals surface area contributed by atoms with Crippen LogP contribution in [0.25, 0.3) is 17.2 Å². The maximum absolute atomic E-state index is 10.7. The van der Waals surface area contributed by atoms with Gasteiger partial charge in [0.25, 0.3) is 5.69 Å². The third-order valence-electron chi connectivity index (χ3n) is 2.79. The lowest BCUT2D eigenvalue weighted by atomic mass is 9.98. The molecule has 4 heteroatoms. The van der Waals surface area contributed by atoms with Crippen LogP contribution in [0.5, 0.6) is 0 Å². The zero-order valence-electron chi connectivity index (χ0n) is 10.0. The number of non-ortho nitro benzene ring substituents is 1. The molecule has 0 radical (unpaired) electrons. The normalized spacial score (nSPS) is 9.63. The van der Waals surface area contributed by atoms with Crippen molar-refractivity contribution in [2.24, 2.45) is 0 Å². The molecule has 0 aliphatic carbocycles. The van der Waals surface area contributed by atoms with Crippen molar-refractivity contribution in [3.63, 3.8) is 0 Å². The lowest BCUT2D eigenvalue weighted by molar-refractivity contribution is -0.384. The summed E-state index contributed by atoms with van der Waals surface area (Å²) in [7, 11) is 0. The van der Waals surface area contributed by atoms with Crippen molar-refractivity contribution < 1.29 is 4.92 Å². The zero-order valence-corrected chi connectivity index (χ0v) is 10.0. The quantitative estimate of drug-likeness (QED) is 0.615. The van der Waals surface area contributed by atoms with Gasteiger partial charge in [-0.15, -0.1) is 0 Å². The monoisotopic (exact) mass is 250 g/mol. The molecule has 2 aromatic carbocycles. The highest BCUT2D eigenvalue weighted by molar-refractivity contribution is 5.76. The highest BCUT2D eigenvalue weighted by atomic mass is 16.6. The molecule has 0 saturated heterocycles. The van der Waals surface area contributed by atoms with Crippen molar-refractivity contribution in [1.29, 1.82) is 5.26 Å². The van der Waals surface area contributed by atoms with Crippen molar-refractivity contribution >= 4 is 11.8 Å². The van der Waals surface area contributed by atoms with Crippen LogP contribution >= 0.6 is 0 Å². The van der Waals surface area contributed by atoms with Crippen LogP contribution < -0.4 is 0 Å². The van der Waals surface area contributed by atoms with Gasteiger partial charge < -0.3 is 0 Å². The fraction of sp³-hybridized carbons (Fsp3) is 0. The molecule has 0 bridgehead atoms. The molecule has 0 aliphatic heterocycles. The van der Waals surface area contributed by atoms with E-state index in [2.05, 4.69) is 6.58 Å². The number of rotatable bonds is 3. The summed E-state index contributed by atoms with van der Waals surface area (Å²) in [5.41, 5.74) is 3.05. The second-order valence-electron chi connectivity index (χ2n) is 3.92. The lowest BCUT2D eigenvalue weighted by Gasteiger charge is -2.06. The number of benzene rings is 2. The van der Waals surface area contributed by atoms with Crippen LogP contribution in [0.2, 0.25) is 0 Å². The molecule has 0 N–H and O–H groups in total. The molecular weight excluding hydrogens is 240 g/mol. The fourth-order valence-corrected chi connectivity index (χ4v) is 1.82. The van der Waals surface area contributed by atoms with E-state index in [4.69, 9.17) is 5.26 Å². The Bertz CT molecular complexity index is 682. The first-order valence-electron chi connectivity index (χ1n) is 5.57. The topological polar surface area (TPSA) is 66.9 Å². The largest absolute Gasteiger partial charge is 0.270 e. The van der Waals surface area contributed by atoms with Crippen molar-refractivity contribution in [3.8, 4) is 17.2 Å². The number of hydrogen-bond donors (Lipinski definition) is 0. The molecule has 0 fully saturated rings. The maximum Gasteiger partial charge on any atom is 0.270 e. The molecule has 19 heavy (non-hydrogen) atoms. The van der Waals surface area contributed by atoms with Gasteiger partial charge in [0.2, 0.25) is 0 Å². The van der Waals surface area contributed by atoms with Crippen LogP contribution in [-0.4, -0.2) is 4.92 Å². The molecule has 4 nitrogen and oxygen atoms in total. The second kappa shape index (κ2) is 5.15. The molecule has 2 aromatic rings. The van der Waals surface area contributed by atoms with Crippen LogP contribution in [0.15, 0.2) is 49.0 Å². The minimum absolute atomic E-state index is 0.0345. The summed E-state index contributed by atoms with van der Waals surface area (Å²) in [4.78, 5) is 10.3. The van der Waals surface area contributed by atoms with E-state index in [1.54, 1.807) is 24.3 Å². The van der Waals surface area contributed by atoms with E-state index in [-0.39, 0.29) is 5.69 Å². The number of nitro groups is 1. The molecule has 0 saturated carbocycles.